The Labute approximate surface area is 199 Å². The minimum atomic E-state index is -0.415. The lowest BCUT2D eigenvalue weighted by molar-refractivity contribution is -0.384. The average Bonchev–Trinajstić information content (AvgIpc) is 2.85. The van der Waals surface area contributed by atoms with Gasteiger partial charge in [0.25, 0.3) is 5.69 Å². The first-order valence-electron chi connectivity index (χ1n) is 11.4. The Kier molecular flexibility index (Phi) is 8.78. The molecule has 4 N–H and O–H groups in total. The summed E-state index contributed by atoms with van der Waals surface area (Å²) in [5.74, 6) is 1.46. The first-order valence-corrected chi connectivity index (χ1v) is 11.4. The molecule has 2 aromatic rings. The largest absolute Gasteiger partial charge is 0.495 e. The highest BCUT2D eigenvalue weighted by atomic mass is 16.6. The molecule has 2 aliphatic heterocycles. The number of nitrogens with two attached hydrogens (primary N) is 1. The van der Waals surface area contributed by atoms with Crippen LogP contribution >= 0.6 is 0 Å². The molecule has 2 saturated heterocycles. The second-order valence-corrected chi connectivity index (χ2v) is 8.48. The molecule has 0 radical (unpaired) electrons. The number of benzene rings is 2. The Morgan fingerprint density at radius 1 is 0.853 bits per heavy atom. The first-order chi connectivity index (χ1) is 16.3. The molecule has 10 nitrogen and oxygen atoms in total. The maximum absolute atomic E-state index is 10.8. The maximum Gasteiger partial charge on any atom is 0.271 e. The Bertz CT molecular complexity index is 956. The number of nitro benzene ring substituents is 1. The zero-order valence-electron chi connectivity index (χ0n) is 19.7. The van der Waals surface area contributed by atoms with Crippen molar-refractivity contribution in [3.8, 4) is 11.5 Å². The molecule has 2 aliphatic rings. The molecule has 0 unspecified atom stereocenters. The maximum atomic E-state index is 10.8. The van der Waals surface area contributed by atoms with E-state index in [9.17, 15) is 20.3 Å². The van der Waals surface area contributed by atoms with Crippen molar-refractivity contribution in [2.24, 2.45) is 0 Å². The van der Waals surface area contributed by atoms with Gasteiger partial charge >= 0.3 is 0 Å². The van der Waals surface area contributed by atoms with Crippen LogP contribution in [0.2, 0.25) is 0 Å². The Hall–Kier alpha value is -3.24. The number of anilines is 3. The highest BCUT2D eigenvalue weighted by molar-refractivity contribution is 5.65. The minimum absolute atomic E-state index is 0.0527. The Balaban J connectivity index is 0.000000192. The van der Waals surface area contributed by atoms with Crippen LogP contribution in [0.5, 0.6) is 11.5 Å². The van der Waals surface area contributed by atoms with Gasteiger partial charge in [-0.15, -0.1) is 0 Å². The molecule has 34 heavy (non-hydrogen) atoms. The highest BCUT2D eigenvalue weighted by Gasteiger charge is 2.22. The molecule has 0 atom stereocenters. The van der Waals surface area contributed by atoms with E-state index in [0.717, 1.165) is 48.7 Å². The third-order valence-corrected chi connectivity index (χ3v) is 6.19. The van der Waals surface area contributed by atoms with Crippen molar-refractivity contribution in [1.82, 2.24) is 0 Å². The van der Waals surface area contributed by atoms with Gasteiger partial charge in [-0.1, -0.05) is 0 Å². The summed E-state index contributed by atoms with van der Waals surface area (Å²) in [6.45, 7) is 3.05. The zero-order valence-corrected chi connectivity index (χ0v) is 19.7. The number of non-ortho nitro benzene ring substituents is 1. The van der Waals surface area contributed by atoms with Gasteiger partial charge in [0.05, 0.1) is 42.7 Å². The third kappa shape index (κ3) is 6.42. The number of aliphatic hydroxyl groups is 2. The molecular formula is C24H34N4O6. The van der Waals surface area contributed by atoms with Gasteiger partial charge in [0.1, 0.15) is 11.5 Å². The van der Waals surface area contributed by atoms with E-state index in [4.69, 9.17) is 15.2 Å². The third-order valence-electron chi connectivity index (χ3n) is 6.19. The molecule has 0 amide bonds. The number of aliphatic hydroxyl groups excluding tert-OH is 2. The van der Waals surface area contributed by atoms with Gasteiger partial charge in [-0.3, -0.25) is 10.1 Å². The number of piperidine rings is 2. The van der Waals surface area contributed by atoms with Gasteiger partial charge in [-0.05, 0) is 49.9 Å². The number of hydrogen-bond acceptors (Lipinski definition) is 9. The SMILES string of the molecule is COc1ccc(N)cc1N1CCC(O)CC1.COc1ccc([N+](=O)[O-])cc1N1CCC(O)CC1. The molecule has 2 aromatic carbocycles. The van der Waals surface area contributed by atoms with E-state index < -0.39 is 4.92 Å². The van der Waals surface area contributed by atoms with Crippen molar-refractivity contribution in [2.75, 3.05) is 55.9 Å². The molecule has 0 bridgehead atoms. The summed E-state index contributed by atoms with van der Waals surface area (Å²) in [6.07, 6.45) is 2.52. The van der Waals surface area contributed by atoms with Crippen LogP contribution < -0.4 is 25.0 Å². The van der Waals surface area contributed by atoms with Crippen molar-refractivity contribution < 1.29 is 24.6 Å². The van der Waals surface area contributed by atoms with E-state index in [1.807, 2.05) is 23.1 Å². The van der Waals surface area contributed by atoms with Crippen LogP contribution in [0, 0.1) is 10.1 Å². The summed E-state index contributed by atoms with van der Waals surface area (Å²) in [7, 11) is 3.21. The van der Waals surface area contributed by atoms with E-state index >= 15 is 0 Å². The first kappa shape index (κ1) is 25.4. The summed E-state index contributed by atoms with van der Waals surface area (Å²) in [5.41, 5.74) is 8.32. The van der Waals surface area contributed by atoms with Crippen molar-refractivity contribution in [3.05, 3.63) is 46.5 Å². The van der Waals surface area contributed by atoms with Crippen molar-refractivity contribution >= 4 is 22.7 Å². The molecule has 186 valence electrons. The van der Waals surface area contributed by atoms with Crippen LogP contribution in [0.25, 0.3) is 0 Å². The van der Waals surface area contributed by atoms with Gasteiger partial charge in [0.15, 0.2) is 0 Å². The van der Waals surface area contributed by atoms with Gasteiger partial charge in [-0.25, -0.2) is 0 Å². The fourth-order valence-corrected chi connectivity index (χ4v) is 4.21. The Morgan fingerprint density at radius 2 is 1.29 bits per heavy atom. The van der Waals surface area contributed by atoms with E-state index in [2.05, 4.69) is 4.90 Å². The lowest BCUT2D eigenvalue weighted by atomic mass is 10.1. The monoisotopic (exact) mass is 474 g/mol. The molecular weight excluding hydrogens is 440 g/mol. The van der Waals surface area contributed by atoms with Crippen LogP contribution in [-0.2, 0) is 0 Å². The fraction of sp³-hybridized carbons (Fsp3) is 0.500. The molecule has 0 saturated carbocycles. The topological polar surface area (TPSA) is 135 Å². The standard InChI is InChI=1S/C12H16N2O4.C12H18N2O2/c1-18-12-3-2-9(14(16)17)8-11(12)13-6-4-10(15)5-7-13;1-16-12-3-2-9(13)8-11(12)14-6-4-10(15)5-7-14/h2-3,8,10,15H,4-7H2,1H3;2-3,8,10,15H,4-7,13H2,1H3. The summed E-state index contributed by atoms with van der Waals surface area (Å²) in [5, 5.41) is 29.7. The number of hydrogen-bond donors (Lipinski definition) is 3. The number of nitrogen functional groups attached to an aromatic ring is 1. The lowest BCUT2D eigenvalue weighted by Gasteiger charge is -2.32. The minimum Gasteiger partial charge on any atom is -0.495 e. The quantitative estimate of drug-likeness (QED) is 0.340. The molecule has 0 aromatic heterocycles. The van der Waals surface area contributed by atoms with Gasteiger partial charge in [0.2, 0.25) is 0 Å². The molecule has 0 spiro atoms. The number of nitro groups is 1. The van der Waals surface area contributed by atoms with Crippen molar-refractivity contribution in [2.45, 2.75) is 37.9 Å². The average molecular weight is 475 g/mol. The molecule has 2 heterocycles. The summed E-state index contributed by atoms with van der Waals surface area (Å²) in [4.78, 5) is 14.6. The number of rotatable bonds is 5. The molecule has 10 heteroatoms. The normalized spacial score (nSPS) is 17.1. The smallest absolute Gasteiger partial charge is 0.271 e. The van der Waals surface area contributed by atoms with E-state index in [1.54, 1.807) is 20.3 Å². The predicted molar refractivity (Wildman–Crippen MR) is 132 cm³/mol. The molecule has 0 aliphatic carbocycles. The molecule has 2 fully saturated rings. The second kappa shape index (κ2) is 11.8. The highest BCUT2D eigenvalue weighted by Crippen LogP contribution is 2.34. The van der Waals surface area contributed by atoms with Crippen LogP contribution in [0.3, 0.4) is 0 Å². The van der Waals surface area contributed by atoms with Crippen molar-refractivity contribution in [3.63, 3.8) is 0 Å². The Morgan fingerprint density at radius 3 is 1.74 bits per heavy atom. The van der Waals surface area contributed by atoms with Gasteiger partial charge < -0.3 is 35.2 Å². The van der Waals surface area contributed by atoms with E-state index in [0.29, 0.717) is 31.7 Å². The van der Waals surface area contributed by atoms with Gasteiger partial charge in [0, 0.05) is 44.0 Å². The summed E-state index contributed by atoms with van der Waals surface area (Å²) >= 11 is 0. The summed E-state index contributed by atoms with van der Waals surface area (Å²) in [6, 6.07) is 10.2. The van der Waals surface area contributed by atoms with Crippen LogP contribution in [0.4, 0.5) is 22.7 Å². The summed E-state index contributed by atoms with van der Waals surface area (Å²) < 4.78 is 10.6. The zero-order chi connectivity index (χ0) is 24.7. The lowest BCUT2D eigenvalue weighted by Crippen LogP contribution is -2.36. The fourth-order valence-electron chi connectivity index (χ4n) is 4.21. The van der Waals surface area contributed by atoms with Crippen molar-refractivity contribution in [1.29, 1.82) is 0 Å². The van der Waals surface area contributed by atoms with E-state index in [-0.39, 0.29) is 17.9 Å². The molecule has 4 rings (SSSR count). The van der Waals surface area contributed by atoms with Gasteiger partial charge in [-0.2, -0.15) is 0 Å². The second-order valence-electron chi connectivity index (χ2n) is 8.48. The number of methoxy groups -OCH3 is 2. The van der Waals surface area contributed by atoms with Crippen LogP contribution in [0.1, 0.15) is 25.7 Å². The van der Waals surface area contributed by atoms with E-state index in [1.165, 1.54) is 12.1 Å². The number of nitrogens with zero attached hydrogens (tertiary/aromatic N) is 3. The predicted octanol–water partition coefficient (Wildman–Crippen LogP) is 2.80. The van der Waals surface area contributed by atoms with Crippen LogP contribution in [-0.4, -0.2) is 67.7 Å². The van der Waals surface area contributed by atoms with Crippen LogP contribution in [0.15, 0.2) is 36.4 Å². The number of ether oxygens (including phenoxy) is 2.